The van der Waals surface area contributed by atoms with Gasteiger partial charge in [0.05, 0.1) is 18.8 Å². The van der Waals surface area contributed by atoms with Gasteiger partial charge in [0.2, 0.25) is 11.8 Å². The number of carbonyl (C=O) groups excluding carboxylic acids is 2. The summed E-state index contributed by atoms with van der Waals surface area (Å²) in [6.07, 6.45) is 0.779. The Balaban J connectivity index is 1.52. The van der Waals surface area contributed by atoms with Crippen molar-refractivity contribution in [1.82, 2.24) is 9.80 Å². The zero-order valence-electron chi connectivity index (χ0n) is 15.3. The molecule has 0 fully saturated rings. The molecule has 0 saturated heterocycles. The minimum atomic E-state index is -1.65. The lowest BCUT2D eigenvalue weighted by atomic mass is 10.00. The molecule has 28 heavy (non-hydrogen) atoms. The van der Waals surface area contributed by atoms with Gasteiger partial charge < -0.3 is 10.2 Å². The number of anilines is 1. The summed E-state index contributed by atoms with van der Waals surface area (Å²) < 4.78 is 39.8. The molecule has 148 valence electrons. The lowest BCUT2D eigenvalue weighted by molar-refractivity contribution is -0.133. The molecule has 0 spiro atoms. The van der Waals surface area contributed by atoms with Gasteiger partial charge in [0.1, 0.15) is 0 Å². The second-order valence-corrected chi connectivity index (χ2v) is 6.78. The van der Waals surface area contributed by atoms with Gasteiger partial charge >= 0.3 is 0 Å². The Morgan fingerprint density at radius 2 is 1.75 bits per heavy atom. The summed E-state index contributed by atoms with van der Waals surface area (Å²) in [7, 11) is 1.58. The van der Waals surface area contributed by atoms with Crippen LogP contribution in [-0.4, -0.2) is 48.3 Å². The number of hydrogen-bond donors (Lipinski definition) is 1. The number of fused-ring (bicyclic) bond motifs is 1. The number of nitrogens with zero attached hydrogens (tertiary/aromatic N) is 2. The standard InChI is InChI=1S/C20H20F3N3O2/c1-25(11-17(27)24-16-7-6-15(21)19(22)20(16)23)12-18(28)26-9-8-13-4-2-3-5-14(13)10-26/h2-7H,8-12H2,1H3,(H,24,27). The summed E-state index contributed by atoms with van der Waals surface area (Å²) >= 11 is 0. The molecule has 0 aromatic heterocycles. The van der Waals surface area contributed by atoms with Gasteiger partial charge in [0.25, 0.3) is 0 Å². The predicted molar refractivity (Wildman–Crippen MR) is 98.0 cm³/mol. The fourth-order valence-electron chi connectivity index (χ4n) is 3.15. The summed E-state index contributed by atoms with van der Waals surface area (Å²) in [5.74, 6) is -5.19. The first-order chi connectivity index (χ1) is 13.3. The third-order valence-electron chi connectivity index (χ3n) is 4.61. The molecule has 2 aromatic rings. The van der Waals surface area contributed by atoms with E-state index in [1.807, 2.05) is 24.3 Å². The van der Waals surface area contributed by atoms with E-state index in [0.717, 1.165) is 24.1 Å². The first-order valence-electron chi connectivity index (χ1n) is 8.81. The fourth-order valence-corrected chi connectivity index (χ4v) is 3.15. The monoisotopic (exact) mass is 391 g/mol. The molecule has 0 saturated carbocycles. The molecular formula is C20H20F3N3O2. The zero-order chi connectivity index (χ0) is 20.3. The lowest BCUT2D eigenvalue weighted by Crippen LogP contribution is -2.43. The average molecular weight is 391 g/mol. The highest BCUT2D eigenvalue weighted by Gasteiger charge is 2.22. The summed E-state index contributed by atoms with van der Waals surface area (Å²) in [6, 6.07) is 9.62. The number of rotatable bonds is 5. The van der Waals surface area contributed by atoms with Gasteiger partial charge in [-0.05, 0) is 36.7 Å². The van der Waals surface area contributed by atoms with Crippen molar-refractivity contribution in [1.29, 1.82) is 0 Å². The van der Waals surface area contributed by atoms with Gasteiger partial charge in [-0.15, -0.1) is 0 Å². The van der Waals surface area contributed by atoms with Crippen LogP contribution in [0.5, 0.6) is 0 Å². The highest BCUT2D eigenvalue weighted by molar-refractivity contribution is 5.92. The van der Waals surface area contributed by atoms with E-state index in [0.29, 0.717) is 13.1 Å². The summed E-state index contributed by atoms with van der Waals surface area (Å²) in [4.78, 5) is 27.7. The van der Waals surface area contributed by atoms with Crippen LogP contribution in [0.2, 0.25) is 0 Å². The third kappa shape index (κ3) is 4.51. The van der Waals surface area contributed by atoms with Crippen molar-refractivity contribution in [2.24, 2.45) is 0 Å². The molecular weight excluding hydrogens is 371 g/mol. The summed E-state index contributed by atoms with van der Waals surface area (Å²) in [5.41, 5.74) is 1.89. The van der Waals surface area contributed by atoms with Gasteiger partial charge in [-0.1, -0.05) is 24.3 Å². The average Bonchev–Trinajstić information content (AvgIpc) is 2.67. The van der Waals surface area contributed by atoms with E-state index in [1.165, 1.54) is 10.5 Å². The van der Waals surface area contributed by atoms with E-state index in [4.69, 9.17) is 0 Å². The first kappa shape index (κ1) is 19.9. The Labute approximate surface area is 160 Å². The van der Waals surface area contributed by atoms with Crippen molar-refractivity contribution >= 4 is 17.5 Å². The smallest absolute Gasteiger partial charge is 0.238 e. The van der Waals surface area contributed by atoms with Crippen LogP contribution in [0.1, 0.15) is 11.1 Å². The second kappa shape index (κ2) is 8.43. The fraction of sp³-hybridized carbons (Fsp3) is 0.300. The molecule has 1 aliphatic heterocycles. The van der Waals surface area contributed by atoms with Gasteiger partial charge in [0, 0.05) is 13.1 Å². The van der Waals surface area contributed by atoms with Gasteiger partial charge in [-0.3, -0.25) is 14.5 Å². The number of carbonyl (C=O) groups is 2. The molecule has 0 unspecified atom stereocenters. The molecule has 1 heterocycles. The Bertz CT molecular complexity index is 904. The number of likely N-dealkylation sites (N-methyl/N-ethyl adjacent to an activating group) is 1. The van der Waals surface area contributed by atoms with Crippen molar-refractivity contribution in [3.63, 3.8) is 0 Å². The topological polar surface area (TPSA) is 52.7 Å². The largest absolute Gasteiger partial charge is 0.337 e. The molecule has 2 aromatic carbocycles. The van der Waals surface area contributed by atoms with Crippen LogP contribution < -0.4 is 5.32 Å². The molecule has 5 nitrogen and oxygen atoms in total. The zero-order valence-corrected chi connectivity index (χ0v) is 15.3. The summed E-state index contributed by atoms with van der Waals surface area (Å²) in [5, 5.41) is 2.19. The summed E-state index contributed by atoms with van der Waals surface area (Å²) in [6.45, 7) is 0.940. The molecule has 8 heteroatoms. The van der Waals surface area contributed by atoms with Crippen LogP contribution in [-0.2, 0) is 22.6 Å². The van der Waals surface area contributed by atoms with Crippen LogP contribution in [0, 0.1) is 17.5 Å². The third-order valence-corrected chi connectivity index (χ3v) is 4.61. The lowest BCUT2D eigenvalue weighted by Gasteiger charge is -2.30. The Kier molecular flexibility index (Phi) is 5.99. The number of amides is 2. The first-order valence-corrected chi connectivity index (χ1v) is 8.81. The molecule has 0 atom stereocenters. The molecule has 0 radical (unpaired) electrons. The molecule has 3 rings (SSSR count). The highest BCUT2D eigenvalue weighted by Crippen LogP contribution is 2.20. The maximum Gasteiger partial charge on any atom is 0.238 e. The maximum atomic E-state index is 13.6. The van der Waals surface area contributed by atoms with Crippen LogP contribution in [0.4, 0.5) is 18.9 Å². The van der Waals surface area contributed by atoms with Crippen LogP contribution in [0.25, 0.3) is 0 Å². The molecule has 0 aliphatic carbocycles. The molecule has 1 N–H and O–H groups in total. The maximum absolute atomic E-state index is 13.6. The molecule has 0 bridgehead atoms. The van der Waals surface area contributed by atoms with Gasteiger partial charge in [-0.25, -0.2) is 13.2 Å². The van der Waals surface area contributed by atoms with Crippen molar-refractivity contribution in [3.8, 4) is 0 Å². The Morgan fingerprint density at radius 1 is 1.04 bits per heavy atom. The van der Waals surface area contributed by atoms with Crippen molar-refractivity contribution < 1.29 is 22.8 Å². The van der Waals surface area contributed by atoms with E-state index in [-0.39, 0.29) is 19.0 Å². The quantitative estimate of drug-likeness (QED) is 0.797. The van der Waals surface area contributed by atoms with Crippen LogP contribution in [0.3, 0.4) is 0 Å². The number of benzene rings is 2. The van der Waals surface area contributed by atoms with Crippen LogP contribution >= 0.6 is 0 Å². The van der Waals surface area contributed by atoms with E-state index in [9.17, 15) is 22.8 Å². The normalized spacial score (nSPS) is 13.4. The Morgan fingerprint density at radius 3 is 2.50 bits per heavy atom. The SMILES string of the molecule is CN(CC(=O)Nc1ccc(F)c(F)c1F)CC(=O)N1CCc2ccccc2C1. The van der Waals surface area contributed by atoms with Gasteiger partial charge in [-0.2, -0.15) is 0 Å². The van der Waals surface area contributed by atoms with Crippen molar-refractivity contribution in [2.75, 3.05) is 32.0 Å². The number of halogens is 3. The minimum Gasteiger partial charge on any atom is -0.337 e. The van der Waals surface area contributed by atoms with Crippen LogP contribution in [0.15, 0.2) is 36.4 Å². The predicted octanol–water partition coefficient (Wildman–Crippen LogP) is 2.56. The van der Waals surface area contributed by atoms with Crippen molar-refractivity contribution in [2.45, 2.75) is 13.0 Å². The van der Waals surface area contributed by atoms with Crippen molar-refractivity contribution in [3.05, 3.63) is 65.0 Å². The number of hydrogen-bond acceptors (Lipinski definition) is 3. The number of nitrogens with one attached hydrogen (secondary N) is 1. The van der Waals surface area contributed by atoms with Gasteiger partial charge in [0.15, 0.2) is 17.5 Å². The Hall–Kier alpha value is -2.87. The van der Waals surface area contributed by atoms with E-state index >= 15 is 0 Å². The molecule has 2 amide bonds. The molecule has 1 aliphatic rings. The van der Waals surface area contributed by atoms with E-state index in [1.54, 1.807) is 11.9 Å². The van der Waals surface area contributed by atoms with E-state index in [2.05, 4.69) is 5.32 Å². The van der Waals surface area contributed by atoms with E-state index < -0.39 is 29.0 Å². The highest BCUT2D eigenvalue weighted by atomic mass is 19.2. The second-order valence-electron chi connectivity index (χ2n) is 6.78. The minimum absolute atomic E-state index is 0.00977.